The van der Waals surface area contributed by atoms with E-state index in [1.807, 2.05) is 6.07 Å². The third kappa shape index (κ3) is 2.92. The molecule has 0 unspecified atom stereocenters. The lowest BCUT2D eigenvalue weighted by atomic mass is 9.75. The van der Waals surface area contributed by atoms with Crippen molar-refractivity contribution < 1.29 is 5.11 Å². The molecular formula is C17H25NO. The summed E-state index contributed by atoms with van der Waals surface area (Å²) in [6.07, 6.45) is 1.91. The highest BCUT2D eigenvalue weighted by atomic mass is 16.3. The quantitative estimate of drug-likeness (QED) is 0.856. The largest absolute Gasteiger partial charge is 0.506 e. The molecule has 1 rings (SSSR count). The number of hydrogen-bond donors (Lipinski definition) is 1. The zero-order valence-electron chi connectivity index (χ0n) is 13.0. The molecule has 2 heteroatoms. The summed E-state index contributed by atoms with van der Waals surface area (Å²) in [6.45, 7) is 12.8. The first-order valence-electron chi connectivity index (χ1n) is 6.97. The lowest BCUT2D eigenvalue weighted by Gasteiger charge is -2.29. The van der Waals surface area contributed by atoms with E-state index in [4.69, 9.17) is 0 Å². The van der Waals surface area contributed by atoms with Gasteiger partial charge in [-0.3, -0.25) is 0 Å². The van der Waals surface area contributed by atoms with E-state index >= 15 is 0 Å². The average molecular weight is 259 g/mol. The van der Waals surface area contributed by atoms with Gasteiger partial charge in [0, 0.05) is 5.56 Å². The van der Waals surface area contributed by atoms with Crippen molar-refractivity contribution in [1.82, 2.24) is 0 Å². The van der Waals surface area contributed by atoms with E-state index in [1.54, 1.807) is 0 Å². The molecule has 0 atom stereocenters. The van der Waals surface area contributed by atoms with Gasteiger partial charge in [-0.25, -0.2) is 0 Å². The SMILES string of the molecule is CCC(C)(C)c1cc(C#N)c(O)c(C(C)(C)CC)c1. The molecule has 0 aromatic heterocycles. The fourth-order valence-electron chi connectivity index (χ4n) is 2.02. The summed E-state index contributed by atoms with van der Waals surface area (Å²) in [5.41, 5.74) is 2.27. The molecular weight excluding hydrogens is 234 g/mol. The number of nitriles is 1. The first kappa shape index (κ1) is 15.6. The van der Waals surface area contributed by atoms with E-state index in [-0.39, 0.29) is 16.6 Å². The third-order valence-corrected chi connectivity index (χ3v) is 4.51. The van der Waals surface area contributed by atoms with Crippen LogP contribution in [0.15, 0.2) is 12.1 Å². The molecule has 0 radical (unpaired) electrons. The van der Waals surface area contributed by atoms with Gasteiger partial charge in [-0.05, 0) is 35.3 Å². The molecule has 0 bridgehead atoms. The van der Waals surface area contributed by atoms with Crippen LogP contribution in [-0.2, 0) is 10.8 Å². The fourth-order valence-corrected chi connectivity index (χ4v) is 2.02. The highest BCUT2D eigenvalue weighted by Gasteiger charge is 2.27. The Balaban J connectivity index is 3.58. The molecule has 0 aliphatic carbocycles. The van der Waals surface area contributed by atoms with E-state index in [1.165, 1.54) is 0 Å². The normalized spacial score (nSPS) is 12.3. The van der Waals surface area contributed by atoms with E-state index in [9.17, 15) is 10.4 Å². The monoisotopic (exact) mass is 259 g/mol. The Kier molecular flexibility index (Phi) is 4.30. The summed E-state index contributed by atoms with van der Waals surface area (Å²) in [6, 6.07) is 6.02. The van der Waals surface area contributed by atoms with Crippen molar-refractivity contribution in [1.29, 1.82) is 5.26 Å². The van der Waals surface area contributed by atoms with E-state index < -0.39 is 0 Å². The molecule has 104 valence electrons. The molecule has 0 aliphatic heterocycles. The van der Waals surface area contributed by atoms with Crippen LogP contribution in [0.4, 0.5) is 0 Å². The molecule has 0 heterocycles. The first-order chi connectivity index (χ1) is 8.69. The Morgan fingerprint density at radius 2 is 1.58 bits per heavy atom. The Morgan fingerprint density at radius 3 is 2.00 bits per heavy atom. The summed E-state index contributed by atoms with van der Waals surface area (Å²) in [4.78, 5) is 0. The van der Waals surface area contributed by atoms with Gasteiger partial charge in [0.25, 0.3) is 0 Å². The van der Waals surface area contributed by atoms with Crippen LogP contribution in [0.2, 0.25) is 0 Å². The van der Waals surface area contributed by atoms with Crippen molar-refractivity contribution in [3.05, 3.63) is 28.8 Å². The number of phenolic OH excluding ortho intramolecular Hbond substituents is 1. The highest BCUT2D eigenvalue weighted by Crippen LogP contribution is 2.39. The lowest BCUT2D eigenvalue weighted by Crippen LogP contribution is -2.20. The lowest BCUT2D eigenvalue weighted by molar-refractivity contribution is 0.423. The smallest absolute Gasteiger partial charge is 0.137 e. The van der Waals surface area contributed by atoms with Crippen LogP contribution in [0.3, 0.4) is 0 Å². The predicted molar refractivity (Wildman–Crippen MR) is 79.5 cm³/mol. The Labute approximate surface area is 117 Å². The molecule has 2 nitrogen and oxygen atoms in total. The minimum absolute atomic E-state index is 0.0118. The number of hydrogen-bond acceptors (Lipinski definition) is 2. The number of benzene rings is 1. The second-order valence-electron chi connectivity index (χ2n) is 6.51. The second kappa shape index (κ2) is 5.25. The van der Waals surface area contributed by atoms with Gasteiger partial charge in [-0.15, -0.1) is 0 Å². The average Bonchev–Trinajstić information content (AvgIpc) is 2.38. The van der Waals surface area contributed by atoms with Gasteiger partial charge >= 0.3 is 0 Å². The van der Waals surface area contributed by atoms with Gasteiger partial charge in [0.1, 0.15) is 11.8 Å². The van der Waals surface area contributed by atoms with Gasteiger partial charge in [-0.1, -0.05) is 47.6 Å². The van der Waals surface area contributed by atoms with Crippen LogP contribution in [0.25, 0.3) is 0 Å². The van der Waals surface area contributed by atoms with Crippen molar-refractivity contribution in [3.8, 4) is 11.8 Å². The van der Waals surface area contributed by atoms with Crippen LogP contribution < -0.4 is 0 Å². The molecule has 0 saturated carbocycles. The Hall–Kier alpha value is -1.49. The standard InChI is InChI=1S/C17H25NO/c1-7-16(3,4)13-9-12(11-18)15(19)14(10-13)17(5,6)8-2/h9-10,19H,7-8H2,1-6H3. The van der Waals surface area contributed by atoms with Crippen molar-refractivity contribution in [2.75, 3.05) is 0 Å². The van der Waals surface area contributed by atoms with Crippen LogP contribution in [0.5, 0.6) is 5.75 Å². The summed E-state index contributed by atoms with van der Waals surface area (Å²) in [7, 11) is 0. The maximum Gasteiger partial charge on any atom is 0.137 e. The fraction of sp³-hybridized carbons (Fsp3) is 0.588. The molecule has 0 spiro atoms. The van der Waals surface area contributed by atoms with Crippen molar-refractivity contribution in [3.63, 3.8) is 0 Å². The maximum atomic E-state index is 10.3. The summed E-state index contributed by atoms with van der Waals surface area (Å²) in [5.74, 6) is 0.144. The molecule has 1 aromatic rings. The highest BCUT2D eigenvalue weighted by molar-refractivity contribution is 5.53. The van der Waals surface area contributed by atoms with Crippen LogP contribution in [0.1, 0.15) is 71.1 Å². The number of nitrogens with zero attached hydrogens (tertiary/aromatic N) is 1. The van der Waals surface area contributed by atoms with Crippen LogP contribution >= 0.6 is 0 Å². The minimum Gasteiger partial charge on any atom is -0.506 e. The number of aromatic hydroxyl groups is 1. The maximum absolute atomic E-state index is 10.3. The van der Waals surface area contributed by atoms with Crippen molar-refractivity contribution in [2.45, 2.75) is 65.2 Å². The molecule has 0 aliphatic rings. The summed E-state index contributed by atoms with van der Waals surface area (Å²) in [5, 5.41) is 19.5. The van der Waals surface area contributed by atoms with Gasteiger partial charge in [0.2, 0.25) is 0 Å². The molecule has 19 heavy (non-hydrogen) atoms. The number of rotatable bonds is 4. The van der Waals surface area contributed by atoms with Gasteiger partial charge in [0.05, 0.1) is 5.56 Å². The van der Waals surface area contributed by atoms with Crippen molar-refractivity contribution >= 4 is 0 Å². The molecule has 1 aromatic carbocycles. The van der Waals surface area contributed by atoms with Gasteiger partial charge in [0.15, 0.2) is 0 Å². The van der Waals surface area contributed by atoms with Crippen molar-refractivity contribution in [2.24, 2.45) is 0 Å². The van der Waals surface area contributed by atoms with Gasteiger partial charge < -0.3 is 5.11 Å². The zero-order valence-corrected chi connectivity index (χ0v) is 13.0. The zero-order chi connectivity index (χ0) is 14.8. The topological polar surface area (TPSA) is 44.0 Å². The Bertz CT molecular complexity index is 507. The summed E-state index contributed by atoms with van der Waals surface area (Å²) >= 11 is 0. The van der Waals surface area contributed by atoms with E-state index in [0.29, 0.717) is 5.56 Å². The van der Waals surface area contributed by atoms with Gasteiger partial charge in [-0.2, -0.15) is 5.26 Å². The predicted octanol–water partition coefficient (Wildman–Crippen LogP) is 4.64. The molecule has 0 saturated heterocycles. The third-order valence-electron chi connectivity index (χ3n) is 4.51. The summed E-state index contributed by atoms with van der Waals surface area (Å²) < 4.78 is 0. The first-order valence-corrected chi connectivity index (χ1v) is 6.97. The van der Waals surface area contributed by atoms with E-state index in [2.05, 4.69) is 53.7 Å². The minimum atomic E-state index is -0.129. The van der Waals surface area contributed by atoms with Crippen LogP contribution in [0, 0.1) is 11.3 Å². The Morgan fingerprint density at radius 1 is 1.05 bits per heavy atom. The molecule has 0 fully saturated rings. The van der Waals surface area contributed by atoms with E-state index in [0.717, 1.165) is 24.0 Å². The molecule has 0 amide bonds. The van der Waals surface area contributed by atoms with Crippen LogP contribution in [-0.4, -0.2) is 5.11 Å². The molecule has 1 N–H and O–H groups in total. The second-order valence-corrected chi connectivity index (χ2v) is 6.51. The number of phenols is 1.